The highest BCUT2D eigenvalue weighted by molar-refractivity contribution is 6.05. The zero-order valence-corrected chi connectivity index (χ0v) is 17.7. The molecule has 2 amide bonds. The highest BCUT2D eigenvalue weighted by Gasteiger charge is 2.28. The molecule has 0 spiro atoms. The molecule has 10 nitrogen and oxygen atoms in total. The minimum Gasteiger partial charge on any atom is -0.508 e. The first-order chi connectivity index (χ1) is 15.3. The smallest absolute Gasteiger partial charge is 0.338 e. The van der Waals surface area contributed by atoms with E-state index in [2.05, 4.69) is 16.0 Å². The molecule has 1 unspecified atom stereocenters. The lowest BCUT2D eigenvalue weighted by Crippen LogP contribution is -2.48. The third-order valence-electron chi connectivity index (χ3n) is 4.36. The number of hydrogen-bond acceptors (Lipinski definition) is 7. The molecular weight excluding hydrogens is 414 g/mol. The molecule has 170 valence electrons. The number of ether oxygens (including phenoxy) is 1. The Kier molecular flexibility index (Phi) is 9.03. The van der Waals surface area contributed by atoms with Crippen LogP contribution in [0.2, 0.25) is 0 Å². The summed E-state index contributed by atoms with van der Waals surface area (Å²) in [4.78, 5) is 36.9. The lowest BCUT2D eigenvalue weighted by molar-refractivity contribution is -0.147. The van der Waals surface area contributed by atoms with Gasteiger partial charge in [-0.2, -0.15) is 0 Å². The van der Waals surface area contributed by atoms with Crippen molar-refractivity contribution < 1.29 is 24.2 Å². The topological polar surface area (TPSA) is 167 Å². The van der Waals surface area contributed by atoms with Crippen LogP contribution in [0.15, 0.2) is 48.5 Å². The van der Waals surface area contributed by atoms with Crippen molar-refractivity contribution in [2.24, 2.45) is 5.73 Å². The van der Waals surface area contributed by atoms with Crippen molar-refractivity contribution in [3.63, 3.8) is 0 Å². The maximum atomic E-state index is 12.6. The second-order valence-corrected chi connectivity index (χ2v) is 6.81. The molecule has 0 aliphatic heterocycles. The molecule has 1 atom stereocenters. The van der Waals surface area contributed by atoms with Crippen LogP contribution in [-0.2, 0) is 25.5 Å². The quantitative estimate of drug-likeness (QED) is 0.128. The first kappa shape index (κ1) is 24.2. The van der Waals surface area contributed by atoms with Crippen molar-refractivity contribution in [3.8, 4) is 5.75 Å². The molecule has 0 saturated heterocycles. The van der Waals surface area contributed by atoms with Crippen LogP contribution in [0, 0.1) is 5.41 Å². The fraction of sp³-hybridized carbons (Fsp3) is 0.273. The van der Waals surface area contributed by atoms with E-state index in [1.807, 2.05) is 0 Å². The summed E-state index contributed by atoms with van der Waals surface area (Å²) in [6.07, 6.45) is 0.555. The number of carbonyl (C=O) groups excluding carboxylic acids is 3. The number of amides is 2. The number of anilines is 1. The zero-order valence-electron chi connectivity index (χ0n) is 17.7. The Hall–Kier alpha value is -4.08. The Bertz CT molecular complexity index is 961. The first-order valence-electron chi connectivity index (χ1n) is 10.00. The van der Waals surface area contributed by atoms with E-state index in [0.29, 0.717) is 24.2 Å². The highest BCUT2D eigenvalue weighted by Crippen LogP contribution is 2.12. The van der Waals surface area contributed by atoms with E-state index >= 15 is 0 Å². The molecule has 0 fully saturated rings. The van der Waals surface area contributed by atoms with Gasteiger partial charge in [-0.15, -0.1) is 0 Å². The number of carbonyl (C=O) groups is 3. The summed E-state index contributed by atoms with van der Waals surface area (Å²) in [5.74, 6) is -1.94. The van der Waals surface area contributed by atoms with Crippen molar-refractivity contribution in [1.82, 2.24) is 10.6 Å². The molecule has 2 aromatic carbocycles. The monoisotopic (exact) mass is 441 g/mol. The fourth-order valence-corrected chi connectivity index (χ4v) is 2.74. The van der Waals surface area contributed by atoms with Crippen molar-refractivity contribution in [2.75, 3.05) is 25.0 Å². The van der Waals surface area contributed by atoms with Crippen molar-refractivity contribution in [3.05, 3.63) is 59.7 Å². The predicted octanol–water partition coefficient (Wildman–Crippen LogP) is 0.495. The molecule has 7 N–H and O–H groups in total. The highest BCUT2D eigenvalue weighted by atomic mass is 16.5. The van der Waals surface area contributed by atoms with E-state index in [1.165, 1.54) is 6.07 Å². The Balaban J connectivity index is 1.90. The summed E-state index contributed by atoms with van der Waals surface area (Å²) in [7, 11) is 0. The minimum absolute atomic E-state index is 0.0789. The molecule has 2 rings (SSSR count). The van der Waals surface area contributed by atoms with E-state index in [9.17, 15) is 19.5 Å². The van der Waals surface area contributed by atoms with Gasteiger partial charge in [0, 0.05) is 17.8 Å². The van der Waals surface area contributed by atoms with Crippen LogP contribution in [0.3, 0.4) is 0 Å². The number of nitrogens with one attached hydrogen (secondary N) is 4. The lowest BCUT2D eigenvalue weighted by Gasteiger charge is -2.18. The van der Waals surface area contributed by atoms with E-state index < -0.39 is 23.8 Å². The zero-order chi connectivity index (χ0) is 23.5. The van der Waals surface area contributed by atoms with Gasteiger partial charge < -0.3 is 31.5 Å². The average Bonchev–Trinajstić information content (AvgIpc) is 2.77. The van der Waals surface area contributed by atoms with Gasteiger partial charge in [0.25, 0.3) is 5.91 Å². The number of nitrogens with two attached hydrogens (primary N) is 1. The van der Waals surface area contributed by atoms with Crippen LogP contribution < -0.4 is 21.7 Å². The summed E-state index contributed by atoms with van der Waals surface area (Å²) in [6, 6.07) is 11.6. The standard InChI is InChI=1S/C22H27N5O5/c1-2-32-22(31)19(27-16-5-3-4-15(12-16)20(23)24)21(30)26-13-18(29)25-11-10-14-6-8-17(28)9-7-14/h3-9,12,19,27-28H,2,10-11,13H2,1H3,(H3,23,24)(H,25,29)(H,26,30). The molecule has 10 heteroatoms. The Morgan fingerprint density at radius 1 is 1.12 bits per heavy atom. The summed E-state index contributed by atoms with van der Waals surface area (Å²) in [5.41, 5.74) is 7.23. The van der Waals surface area contributed by atoms with Gasteiger partial charge >= 0.3 is 5.97 Å². The number of phenolic OH excluding ortho intramolecular Hbond substituents is 1. The summed E-state index contributed by atoms with van der Waals surface area (Å²) < 4.78 is 4.96. The van der Waals surface area contributed by atoms with Gasteiger partial charge in [-0.3, -0.25) is 15.0 Å². The third-order valence-corrected chi connectivity index (χ3v) is 4.36. The van der Waals surface area contributed by atoms with Gasteiger partial charge in [-0.05, 0) is 43.2 Å². The van der Waals surface area contributed by atoms with Crippen LogP contribution in [0.1, 0.15) is 18.1 Å². The Morgan fingerprint density at radius 2 is 1.84 bits per heavy atom. The van der Waals surface area contributed by atoms with Crippen LogP contribution in [0.25, 0.3) is 0 Å². The van der Waals surface area contributed by atoms with E-state index in [-0.39, 0.29) is 24.7 Å². The molecule has 0 aromatic heterocycles. The number of esters is 1. The second-order valence-electron chi connectivity index (χ2n) is 6.81. The van der Waals surface area contributed by atoms with Gasteiger partial charge in [-0.1, -0.05) is 24.3 Å². The van der Waals surface area contributed by atoms with Crippen LogP contribution in [0.4, 0.5) is 5.69 Å². The van der Waals surface area contributed by atoms with E-state index in [4.69, 9.17) is 15.9 Å². The number of nitrogen functional groups attached to an aromatic ring is 1. The van der Waals surface area contributed by atoms with Gasteiger partial charge in [0.2, 0.25) is 11.9 Å². The lowest BCUT2D eigenvalue weighted by atomic mass is 10.1. The van der Waals surface area contributed by atoms with Gasteiger partial charge in [0.1, 0.15) is 11.6 Å². The maximum absolute atomic E-state index is 12.6. The van der Waals surface area contributed by atoms with Crippen molar-refractivity contribution in [2.45, 2.75) is 19.4 Å². The number of hydrogen-bond donors (Lipinski definition) is 6. The third kappa shape index (κ3) is 7.63. The van der Waals surface area contributed by atoms with Gasteiger partial charge in [0.05, 0.1) is 13.2 Å². The SMILES string of the molecule is CCOC(=O)C(Nc1cccc(C(=N)N)c1)C(=O)NCC(=O)NCCc1ccc(O)cc1. The molecular formula is C22H27N5O5. The molecule has 0 aliphatic rings. The minimum atomic E-state index is -1.39. The van der Waals surface area contributed by atoms with Gasteiger partial charge in [-0.25, -0.2) is 4.79 Å². The summed E-state index contributed by atoms with van der Waals surface area (Å²) in [5, 5.41) is 24.6. The second kappa shape index (κ2) is 11.9. The molecule has 0 bridgehead atoms. The first-order valence-corrected chi connectivity index (χ1v) is 10.00. The summed E-state index contributed by atoms with van der Waals surface area (Å²) in [6.45, 7) is 1.72. The number of amidine groups is 1. The molecule has 2 aromatic rings. The van der Waals surface area contributed by atoms with Crippen molar-refractivity contribution >= 4 is 29.3 Å². The van der Waals surface area contributed by atoms with Gasteiger partial charge in [0.15, 0.2) is 0 Å². The normalized spacial score (nSPS) is 11.2. The Labute approximate surface area is 185 Å². The molecule has 0 radical (unpaired) electrons. The number of phenols is 1. The van der Waals surface area contributed by atoms with Crippen LogP contribution in [-0.4, -0.2) is 54.5 Å². The van der Waals surface area contributed by atoms with Crippen molar-refractivity contribution in [1.29, 1.82) is 5.41 Å². The van der Waals surface area contributed by atoms with Crippen LogP contribution >= 0.6 is 0 Å². The predicted molar refractivity (Wildman–Crippen MR) is 119 cm³/mol. The number of benzene rings is 2. The number of rotatable bonds is 11. The van der Waals surface area contributed by atoms with E-state index in [1.54, 1.807) is 49.4 Å². The molecule has 0 saturated carbocycles. The Morgan fingerprint density at radius 3 is 2.50 bits per heavy atom. The average molecular weight is 441 g/mol. The maximum Gasteiger partial charge on any atom is 0.338 e. The molecule has 32 heavy (non-hydrogen) atoms. The van der Waals surface area contributed by atoms with E-state index in [0.717, 1.165) is 5.56 Å². The number of aromatic hydroxyl groups is 1. The fourth-order valence-electron chi connectivity index (χ4n) is 2.74. The van der Waals surface area contributed by atoms with Crippen LogP contribution in [0.5, 0.6) is 5.75 Å². The molecule has 0 aliphatic carbocycles. The summed E-state index contributed by atoms with van der Waals surface area (Å²) >= 11 is 0. The molecule has 0 heterocycles. The largest absolute Gasteiger partial charge is 0.508 e.